The Morgan fingerprint density at radius 1 is 1.42 bits per heavy atom. The summed E-state index contributed by atoms with van der Waals surface area (Å²) in [6.45, 7) is 2.04. The fourth-order valence-corrected chi connectivity index (χ4v) is 2.84. The van der Waals surface area contributed by atoms with Gasteiger partial charge in [-0.05, 0) is 19.1 Å². The molecule has 0 aliphatic carbocycles. The van der Waals surface area contributed by atoms with Crippen LogP contribution in [0.2, 0.25) is 0 Å². The molecular formula is C17H15ClN2O5S. The van der Waals surface area contributed by atoms with E-state index < -0.39 is 5.63 Å². The summed E-state index contributed by atoms with van der Waals surface area (Å²) in [6, 6.07) is 6.68. The first-order valence-corrected chi connectivity index (χ1v) is 8.35. The number of aromatic nitrogens is 1. The monoisotopic (exact) mass is 394 g/mol. The van der Waals surface area contributed by atoms with Crippen LogP contribution >= 0.6 is 23.7 Å². The van der Waals surface area contributed by atoms with Crippen molar-refractivity contribution in [1.29, 1.82) is 0 Å². The molecule has 2 aromatic heterocycles. The highest BCUT2D eigenvalue weighted by Crippen LogP contribution is 2.26. The number of rotatable bonds is 5. The first kappa shape index (κ1) is 19.6. The van der Waals surface area contributed by atoms with Crippen LogP contribution < -0.4 is 5.63 Å². The summed E-state index contributed by atoms with van der Waals surface area (Å²) >= 11 is 1.21. The summed E-state index contributed by atoms with van der Waals surface area (Å²) in [7, 11) is 0. The minimum atomic E-state index is -0.691. The third kappa shape index (κ3) is 4.27. The predicted octanol–water partition coefficient (Wildman–Crippen LogP) is 3.23. The number of aliphatic imine (C=N–C) groups is 1. The normalized spacial score (nSPS) is 10.8. The van der Waals surface area contributed by atoms with E-state index in [1.807, 2.05) is 0 Å². The number of benzene rings is 1. The van der Waals surface area contributed by atoms with Crippen molar-refractivity contribution in [2.45, 2.75) is 13.3 Å². The molecule has 26 heavy (non-hydrogen) atoms. The minimum absolute atomic E-state index is 0. The van der Waals surface area contributed by atoms with Gasteiger partial charge in [0.15, 0.2) is 0 Å². The zero-order valence-corrected chi connectivity index (χ0v) is 15.3. The van der Waals surface area contributed by atoms with E-state index in [-0.39, 0.29) is 36.1 Å². The Morgan fingerprint density at radius 2 is 2.19 bits per heavy atom. The molecule has 3 rings (SSSR count). The van der Waals surface area contributed by atoms with Gasteiger partial charge in [0.25, 0.3) is 0 Å². The number of para-hydroxylation sites is 1. The summed E-state index contributed by atoms with van der Waals surface area (Å²) in [5.41, 5.74) is 0.0857. The summed E-state index contributed by atoms with van der Waals surface area (Å²) in [5.74, 6) is -0.560. The minimum Gasteiger partial charge on any atom is -0.506 e. The van der Waals surface area contributed by atoms with Crippen molar-refractivity contribution in [3.05, 3.63) is 51.3 Å². The molecule has 7 nitrogen and oxygen atoms in total. The molecule has 0 radical (unpaired) electrons. The maximum atomic E-state index is 12.0. The van der Waals surface area contributed by atoms with Gasteiger partial charge in [-0.3, -0.25) is 4.79 Å². The lowest BCUT2D eigenvalue weighted by Gasteiger charge is -2.01. The number of thiazole rings is 1. The molecule has 136 valence electrons. The molecule has 0 aliphatic heterocycles. The van der Waals surface area contributed by atoms with Crippen LogP contribution in [-0.2, 0) is 16.0 Å². The molecule has 0 aliphatic rings. The second-order valence-corrected chi connectivity index (χ2v) is 5.85. The lowest BCUT2D eigenvalue weighted by molar-refractivity contribution is -0.142. The molecule has 1 aromatic carbocycles. The SMILES string of the molecule is CCOC(=O)Cc1csc(N=Cc2c(O)c3ccccc3oc2=O)n1.Cl. The quantitative estimate of drug-likeness (QED) is 0.405. The van der Waals surface area contributed by atoms with Crippen LogP contribution in [0.25, 0.3) is 11.0 Å². The van der Waals surface area contributed by atoms with Gasteiger partial charge in [-0.1, -0.05) is 12.1 Å². The number of ether oxygens (including phenoxy) is 1. The van der Waals surface area contributed by atoms with Gasteiger partial charge in [-0.25, -0.2) is 14.8 Å². The smallest absolute Gasteiger partial charge is 0.348 e. The number of hydrogen-bond acceptors (Lipinski definition) is 8. The largest absolute Gasteiger partial charge is 0.506 e. The van der Waals surface area contributed by atoms with Crippen LogP contribution in [0.3, 0.4) is 0 Å². The Hall–Kier alpha value is -2.71. The number of hydrogen-bond donors (Lipinski definition) is 1. The van der Waals surface area contributed by atoms with Gasteiger partial charge in [0, 0.05) is 11.6 Å². The highest BCUT2D eigenvalue weighted by atomic mass is 35.5. The molecule has 2 heterocycles. The molecule has 1 N–H and O–H groups in total. The summed E-state index contributed by atoms with van der Waals surface area (Å²) in [6.07, 6.45) is 1.27. The van der Waals surface area contributed by atoms with Crippen LogP contribution in [0.5, 0.6) is 5.75 Å². The van der Waals surface area contributed by atoms with Gasteiger partial charge in [0.1, 0.15) is 16.9 Å². The Balaban J connectivity index is 0.00000243. The van der Waals surface area contributed by atoms with Crippen molar-refractivity contribution in [3.63, 3.8) is 0 Å². The standard InChI is InChI=1S/C17H14N2O5S.ClH/c1-2-23-14(20)7-10-9-25-17(19-10)18-8-12-15(21)11-5-3-4-6-13(11)24-16(12)22;/h3-6,8-9,21H,2,7H2,1H3;1H. The van der Waals surface area contributed by atoms with Crippen LogP contribution in [0.15, 0.2) is 43.8 Å². The first-order chi connectivity index (χ1) is 12.1. The summed E-state index contributed by atoms with van der Waals surface area (Å²) in [5, 5.41) is 12.7. The average Bonchev–Trinajstić information content (AvgIpc) is 3.02. The third-order valence-electron chi connectivity index (χ3n) is 3.29. The Labute approximate surface area is 158 Å². The third-order valence-corrected chi connectivity index (χ3v) is 4.09. The van der Waals surface area contributed by atoms with E-state index in [1.165, 1.54) is 17.6 Å². The van der Waals surface area contributed by atoms with Crippen molar-refractivity contribution in [2.24, 2.45) is 4.99 Å². The van der Waals surface area contributed by atoms with Crippen molar-refractivity contribution in [1.82, 2.24) is 4.98 Å². The van der Waals surface area contributed by atoms with Gasteiger partial charge < -0.3 is 14.3 Å². The summed E-state index contributed by atoms with van der Waals surface area (Å²) < 4.78 is 10.0. The van der Waals surface area contributed by atoms with E-state index in [9.17, 15) is 14.7 Å². The molecule has 0 saturated heterocycles. The Morgan fingerprint density at radius 3 is 2.96 bits per heavy atom. The van der Waals surface area contributed by atoms with Gasteiger partial charge >= 0.3 is 11.6 Å². The van der Waals surface area contributed by atoms with Gasteiger partial charge in [-0.2, -0.15) is 0 Å². The van der Waals surface area contributed by atoms with E-state index >= 15 is 0 Å². The fourth-order valence-electron chi connectivity index (χ4n) is 2.18. The zero-order valence-electron chi connectivity index (χ0n) is 13.7. The van der Waals surface area contributed by atoms with Crippen LogP contribution in [-0.4, -0.2) is 28.9 Å². The second-order valence-electron chi connectivity index (χ2n) is 5.01. The number of carbonyl (C=O) groups excluding carboxylic acids is 1. The highest BCUT2D eigenvalue weighted by Gasteiger charge is 2.12. The van der Waals surface area contributed by atoms with Crippen molar-refractivity contribution in [3.8, 4) is 5.75 Å². The molecule has 0 fully saturated rings. The molecule has 0 amide bonds. The van der Waals surface area contributed by atoms with E-state index in [4.69, 9.17) is 9.15 Å². The predicted molar refractivity (Wildman–Crippen MR) is 101 cm³/mol. The maximum Gasteiger partial charge on any atom is 0.348 e. The van der Waals surface area contributed by atoms with Crippen molar-refractivity contribution < 1.29 is 19.1 Å². The molecule has 3 aromatic rings. The van der Waals surface area contributed by atoms with Gasteiger partial charge in [0.05, 0.1) is 24.1 Å². The molecule has 0 atom stereocenters. The van der Waals surface area contributed by atoms with Crippen LogP contribution in [0, 0.1) is 0 Å². The fraction of sp³-hybridized carbons (Fsp3) is 0.176. The highest BCUT2D eigenvalue weighted by molar-refractivity contribution is 7.13. The van der Waals surface area contributed by atoms with E-state index in [0.717, 1.165) is 0 Å². The first-order valence-electron chi connectivity index (χ1n) is 7.47. The molecule has 0 bridgehead atoms. The Kier molecular flexibility index (Phi) is 6.48. The number of fused-ring (bicyclic) bond motifs is 1. The number of esters is 1. The molecule has 0 unspecified atom stereocenters. The zero-order chi connectivity index (χ0) is 17.8. The average molecular weight is 395 g/mol. The molecule has 0 saturated carbocycles. The van der Waals surface area contributed by atoms with E-state index in [1.54, 1.807) is 36.6 Å². The number of halogens is 1. The number of carbonyl (C=O) groups is 1. The number of nitrogens with zero attached hydrogens (tertiary/aromatic N) is 2. The lowest BCUT2D eigenvalue weighted by Crippen LogP contribution is -2.07. The van der Waals surface area contributed by atoms with E-state index in [0.29, 0.717) is 28.4 Å². The van der Waals surface area contributed by atoms with Gasteiger partial charge in [-0.15, -0.1) is 23.7 Å². The molecular weight excluding hydrogens is 380 g/mol. The Bertz CT molecular complexity index is 1010. The molecule has 9 heteroatoms. The summed E-state index contributed by atoms with van der Waals surface area (Å²) in [4.78, 5) is 31.7. The van der Waals surface area contributed by atoms with E-state index in [2.05, 4.69) is 9.98 Å². The van der Waals surface area contributed by atoms with Crippen LogP contribution in [0.1, 0.15) is 18.2 Å². The van der Waals surface area contributed by atoms with Crippen molar-refractivity contribution in [2.75, 3.05) is 6.61 Å². The van der Waals surface area contributed by atoms with Gasteiger partial charge in [0.2, 0.25) is 5.13 Å². The molecule has 0 spiro atoms. The van der Waals surface area contributed by atoms with Crippen molar-refractivity contribution >= 4 is 52.0 Å². The van der Waals surface area contributed by atoms with Crippen LogP contribution in [0.4, 0.5) is 5.13 Å². The topological polar surface area (TPSA) is 102 Å². The lowest BCUT2D eigenvalue weighted by atomic mass is 10.1. The number of aromatic hydroxyl groups is 1. The maximum absolute atomic E-state index is 12.0. The second kappa shape index (κ2) is 8.59.